The summed E-state index contributed by atoms with van der Waals surface area (Å²) in [6, 6.07) is 9.91. The van der Waals surface area contributed by atoms with Gasteiger partial charge in [0, 0.05) is 18.7 Å². The summed E-state index contributed by atoms with van der Waals surface area (Å²) in [6.07, 6.45) is 2.53. The smallest absolute Gasteiger partial charge is 0.0616 e. The Bertz CT molecular complexity index is 371. The molecule has 1 N–H and O–H groups in total. The van der Waals surface area contributed by atoms with Gasteiger partial charge in [-0.1, -0.05) is 24.3 Å². The third-order valence-corrected chi connectivity index (χ3v) is 3.86. The summed E-state index contributed by atoms with van der Waals surface area (Å²) >= 11 is 0. The minimum atomic E-state index is 0.466. The van der Waals surface area contributed by atoms with Crippen LogP contribution >= 0.6 is 0 Å². The molecule has 18 heavy (non-hydrogen) atoms. The first-order valence-electron chi connectivity index (χ1n) is 7.10. The van der Waals surface area contributed by atoms with Crippen molar-refractivity contribution in [3.8, 4) is 0 Å². The van der Waals surface area contributed by atoms with Gasteiger partial charge in [-0.15, -0.1) is 0 Å². The van der Waals surface area contributed by atoms with E-state index >= 15 is 0 Å². The normalized spacial score (nSPS) is 24.6. The topological polar surface area (TPSA) is 21.3 Å². The Morgan fingerprint density at radius 2 is 2.06 bits per heavy atom. The summed E-state index contributed by atoms with van der Waals surface area (Å²) in [5, 5.41) is 3.65. The maximum atomic E-state index is 5.43. The molecule has 0 spiro atoms. The highest BCUT2D eigenvalue weighted by molar-refractivity contribution is 5.31. The molecule has 100 valence electrons. The SMILES string of the molecule is CCOCC(C)NC1CC(c2ccccc2C)C1. The first-order chi connectivity index (χ1) is 8.70. The molecule has 1 saturated carbocycles. The van der Waals surface area contributed by atoms with Crippen molar-refractivity contribution in [1.82, 2.24) is 5.32 Å². The maximum Gasteiger partial charge on any atom is 0.0616 e. The fraction of sp³-hybridized carbons (Fsp3) is 0.625. The summed E-state index contributed by atoms with van der Waals surface area (Å²) in [5.74, 6) is 0.753. The summed E-state index contributed by atoms with van der Waals surface area (Å²) in [6.45, 7) is 8.10. The van der Waals surface area contributed by atoms with E-state index in [2.05, 4.69) is 43.4 Å². The predicted molar refractivity (Wildman–Crippen MR) is 76.0 cm³/mol. The molecule has 1 aliphatic rings. The summed E-state index contributed by atoms with van der Waals surface area (Å²) in [5.41, 5.74) is 2.97. The summed E-state index contributed by atoms with van der Waals surface area (Å²) in [7, 11) is 0. The van der Waals surface area contributed by atoms with Crippen LogP contribution in [-0.4, -0.2) is 25.3 Å². The Labute approximate surface area is 111 Å². The first-order valence-corrected chi connectivity index (χ1v) is 7.10. The maximum absolute atomic E-state index is 5.43. The molecule has 1 fully saturated rings. The van der Waals surface area contributed by atoms with Gasteiger partial charge in [-0.3, -0.25) is 0 Å². The molecule has 0 saturated heterocycles. The van der Waals surface area contributed by atoms with Crippen LogP contribution in [0.1, 0.15) is 43.7 Å². The number of hydrogen-bond donors (Lipinski definition) is 1. The molecule has 1 unspecified atom stereocenters. The Morgan fingerprint density at radius 1 is 1.33 bits per heavy atom. The first kappa shape index (κ1) is 13.6. The molecule has 0 bridgehead atoms. The van der Waals surface area contributed by atoms with Crippen LogP contribution in [0.25, 0.3) is 0 Å². The number of hydrogen-bond acceptors (Lipinski definition) is 2. The van der Waals surface area contributed by atoms with Crippen LogP contribution in [-0.2, 0) is 4.74 Å². The van der Waals surface area contributed by atoms with Crippen LogP contribution in [0.5, 0.6) is 0 Å². The highest BCUT2D eigenvalue weighted by Crippen LogP contribution is 2.38. The quantitative estimate of drug-likeness (QED) is 0.833. The van der Waals surface area contributed by atoms with E-state index in [0.717, 1.165) is 19.1 Å². The highest BCUT2D eigenvalue weighted by Gasteiger charge is 2.31. The minimum absolute atomic E-state index is 0.466. The van der Waals surface area contributed by atoms with Gasteiger partial charge in [-0.2, -0.15) is 0 Å². The van der Waals surface area contributed by atoms with E-state index < -0.39 is 0 Å². The van der Waals surface area contributed by atoms with Gasteiger partial charge in [-0.05, 0) is 50.7 Å². The Hall–Kier alpha value is -0.860. The number of rotatable bonds is 6. The van der Waals surface area contributed by atoms with E-state index in [-0.39, 0.29) is 0 Å². The molecule has 2 heteroatoms. The van der Waals surface area contributed by atoms with Crippen molar-refractivity contribution in [3.05, 3.63) is 35.4 Å². The van der Waals surface area contributed by atoms with Gasteiger partial charge in [0.2, 0.25) is 0 Å². The third kappa shape index (κ3) is 3.33. The molecule has 0 radical (unpaired) electrons. The Kier molecular flexibility index (Phi) is 4.79. The largest absolute Gasteiger partial charge is 0.380 e. The Morgan fingerprint density at radius 3 is 2.72 bits per heavy atom. The second-order valence-electron chi connectivity index (χ2n) is 5.45. The zero-order valence-corrected chi connectivity index (χ0v) is 11.8. The van der Waals surface area contributed by atoms with Crippen molar-refractivity contribution in [1.29, 1.82) is 0 Å². The van der Waals surface area contributed by atoms with Crippen LogP contribution in [0.3, 0.4) is 0 Å². The van der Waals surface area contributed by atoms with Crippen LogP contribution in [0.15, 0.2) is 24.3 Å². The van der Waals surface area contributed by atoms with Gasteiger partial charge in [0.1, 0.15) is 0 Å². The molecule has 0 amide bonds. The molecule has 2 nitrogen and oxygen atoms in total. The van der Waals surface area contributed by atoms with E-state index in [1.807, 2.05) is 6.92 Å². The van der Waals surface area contributed by atoms with Gasteiger partial charge in [0.15, 0.2) is 0 Å². The van der Waals surface area contributed by atoms with E-state index in [1.54, 1.807) is 0 Å². The molecule has 2 rings (SSSR count). The van der Waals surface area contributed by atoms with Crippen molar-refractivity contribution >= 4 is 0 Å². The molecule has 0 heterocycles. The lowest BCUT2D eigenvalue weighted by atomic mass is 9.74. The van der Waals surface area contributed by atoms with Crippen LogP contribution in [0.2, 0.25) is 0 Å². The predicted octanol–water partition coefficient (Wildman–Crippen LogP) is 3.26. The van der Waals surface area contributed by atoms with E-state index in [9.17, 15) is 0 Å². The number of aryl methyl sites for hydroxylation is 1. The average Bonchev–Trinajstić information content (AvgIpc) is 2.32. The second-order valence-corrected chi connectivity index (χ2v) is 5.45. The van der Waals surface area contributed by atoms with Gasteiger partial charge >= 0.3 is 0 Å². The summed E-state index contributed by atoms with van der Waals surface area (Å²) in [4.78, 5) is 0. The van der Waals surface area contributed by atoms with Crippen molar-refractivity contribution in [2.75, 3.05) is 13.2 Å². The zero-order valence-electron chi connectivity index (χ0n) is 11.8. The molecule has 0 aliphatic heterocycles. The molecule has 1 aromatic carbocycles. The monoisotopic (exact) mass is 247 g/mol. The fourth-order valence-electron chi connectivity index (χ4n) is 2.80. The zero-order chi connectivity index (χ0) is 13.0. The van der Waals surface area contributed by atoms with Gasteiger partial charge in [0.05, 0.1) is 6.61 Å². The molecule has 1 aliphatic carbocycles. The molecular weight excluding hydrogens is 222 g/mol. The number of nitrogens with one attached hydrogen (secondary N) is 1. The lowest BCUT2D eigenvalue weighted by molar-refractivity contribution is 0.115. The van der Waals surface area contributed by atoms with E-state index in [4.69, 9.17) is 4.74 Å². The van der Waals surface area contributed by atoms with Gasteiger partial charge < -0.3 is 10.1 Å². The van der Waals surface area contributed by atoms with E-state index in [0.29, 0.717) is 12.1 Å². The molecule has 0 aromatic heterocycles. The molecular formula is C16H25NO. The Balaban J connectivity index is 1.75. The average molecular weight is 247 g/mol. The number of benzene rings is 1. The highest BCUT2D eigenvalue weighted by atomic mass is 16.5. The molecule has 1 aromatic rings. The van der Waals surface area contributed by atoms with Crippen molar-refractivity contribution < 1.29 is 4.74 Å². The second kappa shape index (κ2) is 6.35. The van der Waals surface area contributed by atoms with Crippen molar-refractivity contribution in [3.63, 3.8) is 0 Å². The standard InChI is InChI=1S/C16H25NO/c1-4-18-11-13(3)17-15-9-14(10-15)16-8-6-5-7-12(16)2/h5-8,13-15,17H,4,9-11H2,1-3H3. The minimum Gasteiger partial charge on any atom is -0.380 e. The van der Waals surface area contributed by atoms with Crippen LogP contribution < -0.4 is 5.32 Å². The lowest BCUT2D eigenvalue weighted by Gasteiger charge is -2.38. The van der Waals surface area contributed by atoms with Crippen molar-refractivity contribution in [2.45, 2.75) is 51.6 Å². The fourth-order valence-corrected chi connectivity index (χ4v) is 2.80. The number of ether oxygens (including phenoxy) is 1. The van der Waals surface area contributed by atoms with Gasteiger partial charge in [-0.25, -0.2) is 0 Å². The van der Waals surface area contributed by atoms with Crippen LogP contribution in [0, 0.1) is 6.92 Å². The third-order valence-electron chi connectivity index (χ3n) is 3.86. The molecule has 1 atom stereocenters. The van der Waals surface area contributed by atoms with E-state index in [1.165, 1.54) is 24.0 Å². The lowest BCUT2D eigenvalue weighted by Crippen LogP contribution is -2.46. The van der Waals surface area contributed by atoms with Crippen LogP contribution in [0.4, 0.5) is 0 Å². The van der Waals surface area contributed by atoms with Gasteiger partial charge in [0.25, 0.3) is 0 Å². The van der Waals surface area contributed by atoms with Crippen molar-refractivity contribution in [2.24, 2.45) is 0 Å². The summed E-state index contributed by atoms with van der Waals surface area (Å²) < 4.78 is 5.43.